The van der Waals surface area contributed by atoms with Crippen LogP contribution in [0.1, 0.15) is 36.5 Å². The van der Waals surface area contributed by atoms with Crippen LogP contribution in [0.4, 0.5) is 0 Å². The van der Waals surface area contributed by atoms with Crippen LogP contribution in [-0.4, -0.2) is 36.0 Å². The van der Waals surface area contributed by atoms with Gasteiger partial charge in [0.1, 0.15) is 5.75 Å². The van der Waals surface area contributed by atoms with Crippen LogP contribution in [0, 0.1) is 13.8 Å². The fourth-order valence-electron chi connectivity index (χ4n) is 3.61. The molecule has 0 aliphatic carbocycles. The average molecular weight is 401 g/mol. The summed E-state index contributed by atoms with van der Waals surface area (Å²) in [6.07, 6.45) is 1.39. The van der Waals surface area contributed by atoms with Crippen molar-refractivity contribution in [1.82, 2.24) is 10.2 Å². The van der Waals surface area contributed by atoms with Gasteiger partial charge in [-0.1, -0.05) is 41.4 Å². The maximum Gasteiger partial charge on any atom is 0.260 e. The fourth-order valence-corrected chi connectivity index (χ4v) is 3.84. The Morgan fingerprint density at radius 3 is 2.64 bits per heavy atom. The molecule has 1 saturated heterocycles. The number of hydrogen-bond acceptors (Lipinski definition) is 3. The van der Waals surface area contributed by atoms with Crippen LogP contribution in [0.15, 0.2) is 42.5 Å². The van der Waals surface area contributed by atoms with E-state index in [9.17, 15) is 4.79 Å². The molecule has 150 valence electrons. The molecular formula is C23H29ClN2O2. The number of carbonyl (C=O) groups is 1. The van der Waals surface area contributed by atoms with Crippen LogP contribution >= 0.6 is 11.6 Å². The van der Waals surface area contributed by atoms with Gasteiger partial charge in [-0.15, -0.1) is 0 Å². The standard InChI is InChI=1S/C23H29ClN2O2/c1-16-5-4-6-19(13-16)15-26-11-9-21(10-12-26)25-23(27)18(3)28-22-8-7-20(24)14-17(22)2/h4-8,13-14,18,21H,9-12,15H2,1-3H3,(H,25,27). The van der Waals surface area contributed by atoms with Crippen LogP contribution in [0.3, 0.4) is 0 Å². The van der Waals surface area contributed by atoms with Gasteiger partial charge in [0.25, 0.3) is 5.91 Å². The molecule has 1 atom stereocenters. The van der Waals surface area contributed by atoms with Gasteiger partial charge in [-0.3, -0.25) is 9.69 Å². The Bertz CT molecular complexity index is 816. The summed E-state index contributed by atoms with van der Waals surface area (Å²) in [5.41, 5.74) is 3.57. The van der Waals surface area contributed by atoms with E-state index in [-0.39, 0.29) is 11.9 Å². The summed E-state index contributed by atoms with van der Waals surface area (Å²) in [4.78, 5) is 15.0. The van der Waals surface area contributed by atoms with E-state index in [1.165, 1.54) is 11.1 Å². The number of carbonyl (C=O) groups excluding carboxylic acids is 1. The lowest BCUT2D eigenvalue weighted by atomic mass is 10.0. The van der Waals surface area contributed by atoms with Crippen LogP contribution in [-0.2, 0) is 11.3 Å². The number of likely N-dealkylation sites (tertiary alicyclic amines) is 1. The Labute approximate surface area is 172 Å². The van der Waals surface area contributed by atoms with E-state index in [0.29, 0.717) is 10.8 Å². The van der Waals surface area contributed by atoms with E-state index in [1.54, 1.807) is 13.0 Å². The molecule has 1 N–H and O–H groups in total. The van der Waals surface area contributed by atoms with E-state index in [1.807, 2.05) is 19.1 Å². The minimum absolute atomic E-state index is 0.0634. The second-order valence-corrected chi connectivity index (χ2v) is 8.15. The van der Waals surface area contributed by atoms with Crippen molar-refractivity contribution in [3.8, 4) is 5.75 Å². The van der Waals surface area contributed by atoms with Crippen molar-refractivity contribution in [2.45, 2.75) is 52.3 Å². The smallest absolute Gasteiger partial charge is 0.260 e. The molecule has 28 heavy (non-hydrogen) atoms. The van der Waals surface area contributed by atoms with E-state index in [0.717, 1.165) is 38.0 Å². The van der Waals surface area contributed by atoms with Crippen molar-refractivity contribution < 1.29 is 9.53 Å². The van der Waals surface area contributed by atoms with Gasteiger partial charge in [-0.25, -0.2) is 0 Å². The van der Waals surface area contributed by atoms with Crippen molar-refractivity contribution in [3.63, 3.8) is 0 Å². The van der Waals surface area contributed by atoms with Crippen LogP contribution in [0.2, 0.25) is 5.02 Å². The number of halogens is 1. The van der Waals surface area contributed by atoms with Crippen molar-refractivity contribution in [2.75, 3.05) is 13.1 Å². The van der Waals surface area contributed by atoms with E-state index >= 15 is 0 Å². The molecule has 0 bridgehead atoms. The number of hydrogen-bond donors (Lipinski definition) is 1. The van der Waals surface area contributed by atoms with Gasteiger partial charge in [-0.05, 0) is 62.9 Å². The number of nitrogens with one attached hydrogen (secondary N) is 1. The monoisotopic (exact) mass is 400 g/mol. The van der Waals surface area contributed by atoms with E-state index < -0.39 is 6.10 Å². The maximum atomic E-state index is 12.5. The first-order chi connectivity index (χ1) is 13.4. The molecule has 1 unspecified atom stereocenters. The Morgan fingerprint density at radius 1 is 1.21 bits per heavy atom. The molecule has 0 aromatic heterocycles. The molecule has 1 amide bonds. The van der Waals surface area contributed by atoms with Gasteiger partial charge in [0.05, 0.1) is 0 Å². The molecule has 1 heterocycles. The SMILES string of the molecule is Cc1cccc(CN2CCC(NC(=O)C(C)Oc3ccc(Cl)cc3C)CC2)c1. The number of aryl methyl sites for hydroxylation is 2. The van der Waals surface area contributed by atoms with E-state index in [4.69, 9.17) is 16.3 Å². The number of amides is 1. The number of benzene rings is 2. The summed E-state index contributed by atoms with van der Waals surface area (Å²) in [6.45, 7) is 8.79. The summed E-state index contributed by atoms with van der Waals surface area (Å²) < 4.78 is 5.83. The highest BCUT2D eigenvalue weighted by Crippen LogP contribution is 2.23. The van der Waals surface area contributed by atoms with Crippen molar-refractivity contribution in [3.05, 3.63) is 64.2 Å². The molecule has 3 rings (SSSR count). The molecule has 2 aromatic rings. The number of rotatable bonds is 6. The Morgan fingerprint density at radius 2 is 1.96 bits per heavy atom. The fraction of sp³-hybridized carbons (Fsp3) is 0.435. The number of nitrogens with zero attached hydrogens (tertiary/aromatic N) is 1. The van der Waals surface area contributed by atoms with Crippen molar-refractivity contribution >= 4 is 17.5 Å². The first-order valence-electron chi connectivity index (χ1n) is 9.92. The van der Waals surface area contributed by atoms with Gasteiger partial charge in [0, 0.05) is 30.7 Å². The largest absolute Gasteiger partial charge is 0.481 e. The lowest BCUT2D eigenvalue weighted by Crippen LogP contribution is -2.47. The Balaban J connectivity index is 1.45. The molecule has 1 aliphatic rings. The molecule has 1 aliphatic heterocycles. The predicted octanol–water partition coefficient (Wildman–Crippen LogP) is 4.50. The first-order valence-corrected chi connectivity index (χ1v) is 10.3. The second kappa shape index (κ2) is 9.44. The average Bonchev–Trinajstić information content (AvgIpc) is 2.65. The molecule has 0 saturated carbocycles. The van der Waals surface area contributed by atoms with Gasteiger partial charge >= 0.3 is 0 Å². The lowest BCUT2D eigenvalue weighted by Gasteiger charge is -2.33. The molecule has 5 heteroatoms. The summed E-state index contributed by atoms with van der Waals surface area (Å²) >= 11 is 5.98. The third-order valence-electron chi connectivity index (χ3n) is 5.23. The van der Waals surface area contributed by atoms with Gasteiger partial charge < -0.3 is 10.1 Å². The minimum Gasteiger partial charge on any atom is -0.481 e. The zero-order chi connectivity index (χ0) is 20.1. The maximum absolute atomic E-state index is 12.5. The quantitative estimate of drug-likeness (QED) is 0.775. The highest BCUT2D eigenvalue weighted by Gasteiger charge is 2.24. The summed E-state index contributed by atoms with van der Waals surface area (Å²) in [5.74, 6) is 0.631. The first kappa shape index (κ1) is 20.7. The highest BCUT2D eigenvalue weighted by atomic mass is 35.5. The molecular weight excluding hydrogens is 372 g/mol. The van der Waals surface area contributed by atoms with Crippen LogP contribution in [0.25, 0.3) is 0 Å². The zero-order valence-corrected chi connectivity index (χ0v) is 17.6. The summed E-state index contributed by atoms with van der Waals surface area (Å²) in [7, 11) is 0. The molecule has 2 aromatic carbocycles. The molecule has 1 fully saturated rings. The lowest BCUT2D eigenvalue weighted by molar-refractivity contribution is -0.128. The van der Waals surface area contributed by atoms with Crippen molar-refractivity contribution in [1.29, 1.82) is 0 Å². The van der Waals surface area contributed by atoms with Crippen molar-refractivity contribution in [2.24, 2.45) is 0 Å². The number of ether oxygens (including phenoxy) is 1. The number of piperidine rings is 1. The Kier molecular flexibility index (Phi) is 6.97. The third-order valence-corrected chi connectivity index (χ3v) is 5.47. The zero-order valence-electron chi connectivity index (χ0n) is 16.9. The van der Waals surface area contributed by atoms with Gasteiger partial charge in [0.15, 0.2) is 6.10 Å². The van der Waals surface area contributed by atoms with E-state index in [2.05, 4.69) is 41.4 Å². The topological polar surface area (TPSA) is 41.6 Å². The van der Waals surface area contributed by atoms with Gasteiger partial charge in [-0.2, -0.15) is 0 Å². The van der Waals surface area contributed by atoms with Crippen LogP contribution < -0.4 is 10.1 Å². The normalized spacial score (nSPS) is 16.6. The summed E-state index contributed by atoms with van der Waals surface area (Å²) in [5, 5.41) is 3.81. The Hall–Kier alpha value is -2.04. The second-order valence-electron chi connectivity index (χ2n) is 7.72. The molecule has 0 spiro atoms. The third kappa shape index (κ3) is 5.73. The van der Waals surface area contributed by atoms with Crippen LogP contribution in [0.5, 0.6) is 5.75 Å². The minimum atomic E-state index is -0.537. The van der Waals surface area contributed by atoms with Gasteiger partial charge in [0.2, 0.25) is 0 Å². The highest BCUT2D eigenvalue weighted by molar-refractivity contribution is 6.30. The summed E-state index contributed by atoms with van der Waals surface area (Å²) in [6, 6.07) is 14.3. The molecule has 4 nitrogen and oxygen atoms in total. The molecule has 0 radical (unpaired) electrons. The predicted molar refractivity (Wildman–Crippen MR) is 114 cm³/mol.